The highest BCUT2D eigenvalue weighted by molar-refractivity contribution is 6.46. The summed E-state index contributed by atoms with van der Waals surface area (Å²) in [5.41, 5.74) is 2.69. The molecule has 1 N–H and O–H groups in total. The molecule has 1 atom stereocenters. The fourth-order valence-electron chi connectivity index (χ4n) is 4.73. The molecule has 204 valence electrons. The number of hydrogen-bond acceptors (Lipinski definition) is 5. The molecule has 3 aromatic rings. The van der Waals surface area contributed by atoms with Crippen molar-refractivity contribution in [3.8, 4) is 11.5 Å². The van der Waals surface area contributed by atoms with E-state index in [1.54, 1.807) is 42.5 Å². The number of aliphatic hydroxyl groups excluding tert-OH is 1. The third kappa shape index (κ3) is 6.30. The summed E-state index contributed by atoms with van der Waals surface area (Å²) in [6.45, 7) is 9.75. The normalized spacial score (nSPS) is 16.8. The van der Waals surface area contributed by atoms with Gasteiger partial charge < -0.3 is 19.5 Å². The third-order valence-electron chi connectivity index (χ3n) is 6.45. The Kier molecular flexibility index (Phi) is 8.38. The van der Waals surface area contributed by atoms with E-state index < -0.39 is 17.7 Å². The van der Waals surface area contributed by atoms with Gasteiger partial charge in [-0.3, -0.25) is 9.59 Å². The lowest BCUT2D eigenvalue weighted by Gasteiger charge is -2.26. The molecule has 3 aromatic carbocycles. The maximum absolute atomic E-state index is 13.4. The fraction of sp³-hybridized carbons (Fsp3) is 0.312. The summed E-state index contributed by atoms with van der Waals surface area (Å²) < 4.78 is 25.1. The molecule has 6 nitrogen and oxygen atoms in total. The van der Waals surface area contributed by atoms with Crippen LogP contribution in [0.2, 0.25) is 0 Å². The van der Waals surface area contributed by atoms with Gasteiger partial charge in [-0.15, -0.1) is 0 Å². The molecule has 4 rings (SSSR count). The zero-order valence-corrected chi connectivity index (χ0v) is 22.9. The Morgan fingerprint density at radius 2 is 1.64 bits per heavy atom. The average Bonchev–Trinajstić information content (AvgIpc) is 3.13. The van der Waals surface area contributed by atoms with E-state index in [1.165, 1.54) is 17.0 Å². The summed E-state index contributed by atoms with van der Waals surface area (Å²) in [6.07, 6.45) is 0.321. The Balaban J connectivity index is 1.78. The number of aryl methyl sites for hydroxylation is 1. The van der Waals surface area contributed by atoms with Gasteiger partial charge in [0.15, 0.2) is 0 Å². The number of amides is 1. The minimum absolute atomic E-state index is 0.0118. The Bertz CT molecular complexity index is 1390. The van der Waals surface area contributed by atoms with E-state index >= 15 is 0 Å². The van der Waals surface area contributed by atoms with Gasteiger partial charge in [-0.1, -0.05) is 24.3 Å². The van der Waals surface area contributed by atoms with E-state index in [-0.39, 0.29) is 35.9 Å². The number of aliphatic hydroxyl groups is 1. The van der Waals surface area contributed by atoms with Crippen molar-refractivity contribution in [1.29, 1.82) is 0 Å². The summed E-state index contributed by atoms with van der Waals surface area (Å²) in [7, 11) is 0. The number of benzene rings is 3. The predicted octanol–water partition coefficient (Wildman–Crippen LogP) is 6.37. The second-order valence-corrected chi connectivity index (χ2v) is 10.3. The van der Waals surface area contributed by atoms with Gasteiger partial charge in [0, 0.05) is 12.1 Å². The van der Waals surface area contributed by atoms with Crippen LogP contribution in [0.3, 0.4) is 0 Å². The summed E-state index contributed by atoms with van der Waals surface area (Å²) in [5.74, 6) is -0.783. The van der Waals surface area contributed by atoms with Crippen molar-refractivity contribution in [3.63, 3.8) is 0 Å². The first-order valence-corrected chi connectivity index (χ1v) is 13.1. The first-order valence-electron chi connectivity index (χ1n) is 13.1. The second kappa shape index (κ2) is 11.7. The lowest BCUT2D eigenvalue weighted by atomic mass is 9.94. The van der Waals surface area contributed by atoms with Crippen molar-refractivity contribution >= 4 is 17.4 Å². The first-order chi connectivity index (χ1) is 18.5. The summed E-state index contributed by atoms with van der Waals surface area (Å²) in [6, 6.07) is 17.6. The smallest absolute Gasteiger partial charge is 0.295 e. The van der Waals surface area contributed by atoms with Gasteiger partial charge in [0.1, 0.15) is 23.1 Å². The van der Waals surface area contributed by atoms with Gasteiger partial charge >= 0.3 is 0 Å². The van der Waals surface area contributed by atoms with Crippen LogP contribution in [-0.4, -0.2) is 40.4 Å². The van der Waals surface area contributed by atoms with E-state index in [1.807, 2.05) is 46.8 Å². The van der Waals surface area contributed by atoms with Crippen molar-refractivity contribution in [2.75, 3.05) is 6.54 Å². The van der Waals surface area contributed by atoms with Crippen LogP contribution < -0.4 is 9.47 Å². The van der Waals surface area contributed by atoms with E-state index in [0.717, 1.165) is 11.1 Å². The zero-order valence-electron chi connectivity index (χ0n) is 22.9. The Hall–Kier alpha value is -4.13. The van der Waals surface area contributed by atoms with Gasteiger partial charge in [-0.2, -0.15) is 0 Å². The van der Waals surface area contributed by atoms with E-state index in [0.29, 0.717) is 29.0 Å². The number of carbonyl (C=O) groups is 2. The number of Topliss-reactive ketones (excluding diaryl/α,β-unsaturated/α-hetero) is 1. The molecule has 1 unspecified atom stereocenters. The lowest BCUT2D eigenvalue weighted by Crippen LogP contribution is -2.31. The Morgan fingerprint density at radius 1 is 0.949 bits per heavy atom. The number of rotatable bonds is 9. The molecule has 1 heterocycles. The largest absolute Gasteiger partial charge is 0.507 e. The van der Waals surface area contributed by atoms with E-state index in [2.05, 4.69) is 0 Å². The van der Waals surface area contributed by atoms with Gasteiger partial charge in [0.2, 0.25) is 0 Å². The lowest BCUT2D eigenvalue weighted by molar-refractivity contribution is -0.139. The zero-order chi connectivity index (χ0) is 28.3. The van der Waals surface area contributed by atoms with Gasteiger partial charge in [0.25, 0.3) is 11.7 Å². The van der Waals surface area contributed by atoms with Crippen LogP contribution in [-0.2, 0) is 16.0 Å². The van der Waals surface area contributed by atoms with Crippen LogP contribution in [0, 0.1) is 12.7 Å². The molecule has 1 fully saturated rings. The molecule has 0 spiro atoms. The number of hydrogen-bond donors (Lipinski definition) is 1. The molecule has 7 heteroatoms. The van der Waals surface area contributed by atoms with Crippen LogP contribution in [0.5, 0.6) is 11.5 Å². The second-order valence-electron chi connectivity index (χ2n) is 10.3. The topological polar surface area (TPSA) is 76.1 Å². The number of ether oxygens (including phenoxy) is 2. The highest BCUT2D eigenvalue weighted by Crippen LogP contribution is 2.41. The molecular weight excluding hydrogens is 497 g/mol. The molecule has 1 saturated heterocycles. The minimum atomic E-state index is -0.826. The Morgan fingerprint density at radius 3 is 2.28 bits per heavy atom. The Labute approximate surface area is 228 Å². The highest BCUT2D eigenvalue weighted by atomic mass is 19.1. The maximum atomic E-state index is 13.4. The van der Waals surface area contributed by atoms with Crippen molar-refractivity contribution in [2.45, 2.75) is 59.3 Å². The molecular formula is C32H34FNO5. The molecule has 0 bridgehead atoms. The molecule has 0 saturated carbocycles. The highest BCUT2D eigenvalue weighted by Gasteiger charge is 2.46. The van der Waals surface area contributed by atoms with E-state index in [4.69, 9.17) is 9.47 Å². The van der Waals surface area contributed by atoms with E-state index in [9.17, 15) is 19.1 Å². The van der Waals surface area contributed by atoms with Gasteiger partial charge in [-0.25, -0.2) is 4.39 Å². The molecule has 0 radical (unpaired) electrons. The number of likely N-dealkylation sites (tertiary alicyclic amines) is 1. The monoisotopic (exact) mass is 531 g/mol. The maximum Gasteiger partial charge on any atom is 0.295 e. The summed E-state index contributed by atoms with van der Waals surface area (Å²) in [5, 5.41) is 11.5. The predicted molar refractivity (Wildman–Crippen MR) is 148 cm³/mol. The van der Waals surface area contributed by atoms with Crippen molar-refractivity contribution in [1.82, 2.24) is 4.90 Å². The number of nitrogens with zero attached hydrogens (tertiary/aromatic N) is 1. The van der Waals surface area contributed by atoms with Gasteiger partial charge in [-0.05, 0) is 100 Å². The fourth-order valence-corrected chi connectivity index (χ4v) is 4.73. The first kappa shape index (κ1) is 27.9. The SMILES string of the molecule is Cc1cc(/C(O)=C2\C(=O)C(=O)N(CCc3ccc(F)cc3)C2c2cccc(OC(C)C)c2)ccc1OC(C)C. The number of ketones is 1. The molecule has 0 aromatic heterocycles. The van der Waals surface area contributed by atoms with Crippen LogP contribution in [0.25, 0.3) is 5.76 Å². The molecule has 1 aliphatic heterocycles. The molecule has 0 aliphatic carbocycles. The molecule has 39 heavy (non-hydrogen) atoms. The standard InChI is InChI=1S/C32H34FNO5/c1-19(2)38-26-8-6-7-23(18-26)29-28(30(35)24-11-14-27(21(5)17-24)39-20(3)4)31(36)32(37)34(29)16-15-22-9-12-25(33)13-10-22/h6-14,17-20,29,35H,15-16H2,1-5H3/b30-28+. The van der Waals surface area contributed by atoms with Crippen LogP contribution in [0.4, 0.5) is 4.39 Å². The minimum Gasteiger partial charge on any atom is -0.507 e. The van der Waals surface area contributed by atoms with Crippen LogP contribution >= 0.6 is 0 Å². The summed E-state index contributed by atoms with van der Waals surface area (Å²) >= 11 is 0. The van der Waals surface area contributed by atoms with Gasteiger partial charge in [0.05, 0.1) is 23.8 Å². The van der Waals surface area contributed by atoms with Crippen molar-refractivity contribution in [3.05, 3.63) is 100 Å². The van der Waals surface area contributed by atoms with Crippen molar-refractivity contribution < 1.29 is 28.6 Å². The van der Waals surface area contributed by atoms with Crippen LogP contribution in [0.1, 0.15) is 56.0 Å². The molecule has 1 amide bonds. The van der Waals surface area contributed by atoms with Crippen LogP contribution in [0.15, 0.2) is 72.3 Å². The molecule has 1 aliphatic rings. The quantitative estimate of drug-likeness (QED) is 0.197. The third-order valence-corrected chi connectivity index (χ3v) is 6.45. The summed E-state index contributed by atoms with van der Waals surface area (Å²) in [4.78, 5) is 28.2. The number of halogens is 1. The van der Waals surface area contributed by atoms with Crippen molar-refractivity contribution in [2.24, 2.45) is 0 Å². The average molecular weight is 532 g/mol. The number of carbonyl (C=O) groups excluding carboxylic acids is 2.